The van der Waals surface area contributed by atoms with Crippen LogP contribution < -0.4 is 9.80 Å². The normalized spacial score (nSPS) is 16.7. The molecule has 27 heavy (non-hydrogen) atoms. The van der Waals surface area contributed by atoms with Crippen LogP contribution in [0.15, 0.2) is 30.7 Å². The highest BCUT2D eigenvalue weighted by Crippen LogP contribution is 2.32. The lowest BCUT2D eigenvalue weighted by atomic mass is 10.1. The second-order valence-electron chi connectivity index (χ2n) is 6.51. The highest BCUT2D eigenvalue weighted by Gasteiger charge is 2.31. The molecule has 0 unspecified atom stereocenters. The Morgan fingerprint density at radius 3 is 2.81 bits per heavy atom. The first kappa shape index (κ1) is 17.2. The second-order valence-corrected chi connectivity index (χ2v) is 6.51. The summed E-state index contributed by atoms with van der Waals surface area (Å²) in [6.45, 7) is 3.67. The van der Waals surface area contributed by atoms with Crippen LogP contribution >= 0.6 is 0 Å². The maximum absolute atomic E-state index is 14.5. The van der Waals surface area contributed by atoms with E-state index in [1.165, 1.54) is 6.33 Å². The molecule has 138 valence electrons. The van der Waals surface area contributed by atoms with E-state index in [0.29, 0.717) is 13.1 Å². The highest BCUT2D eigenvalue weighted by atomic mass is 19.1. The fraction of sp³-hybridized carbons (Fsp3) is 0.316. The van der Waals surface area contributed by atoms with Crippen molar-refractivity contribution in [3.8, 4) is 6.07 Å². The molecule has 1 aliphatic rings. The number of anilines is 2. The zero-order valence-electron chi connectivity index (χ0n) is 14.8. The first-order valence-corrected chi connectivity index (χ1v) is 8.81. The van der Waals surface area contributed by atoms with Crippen molar-refractivity contribution >= 4 is 22.5 Å². The predicted molar refractivity (Wildman–Crippen MR) is 98.6 cm³/mol. The quantitative estimate of drug-likeness (QED) is 0.766. The molecule has 1 saturated heterocycles. The van der Waals surface area contributed by atoms with Gasteiger partial charge in [-0.25, -0.2) is 18.7 Å². The number of aromatic amines is 1. The number of nitriles is 1. The maximum Gasteiger partial charge on any atom is 0.150 e. The molecule has 1 atom stereocenters. The van der Waals surface area contributed by atoms with E-state index in [2.05, 4.69) is 19.9 Å². The van der Waals surface area contributed by atoms with E-state index < -0.39 is 11.6 Å². The van der Waals surface area contributed by atoms with Crippen LogP contribution in [0, 0.1) is 23.0 Å². The summed E-state index contributed by atoms with van der Waals surface area (Å²) in [7, 11) is 0. The molecule has 4 rings (SSSR count). The molecular formula is C19H18F2N6. The molecule has 3 aromatic rings. The maximum atomic E-state index is 14.5. The molecule has 2 aromatic heterocycles. The second kappa shape index (κ2) is 6.83. The average Bonchev–Trinajstić information content (AvgIpc) is 3.33. The summed E-state index contributed by atoms with van der Waals surface area (Å²) < 4.78 is 29.0. The van der Waals surface area contributed by atoms with Gasteiger partial charge in [-0.3, -0.25) is 0 Å². The summed E-state index contributed by atoms with van der Waals surface area (Å²) >= 11 is 0. The molecule has 0 amide bonds. The first-order chi connectivity index (χ1) is 13.1. The average molecular weight is 368 g/mol. The van der Waals surface area contributed by atoms with Crippen LogP contribution in [0.4, 0.5) is 20.3 Å². The molecule has 0 radical (unpaired) electrons. The number of hydrogen-bond donors (Lipinski definition) is 1. The lowest BCUT2D eigenvalue weighted by Gasteiger charge is -2.31. The minimum absolute atomic E-state index is 0.0197. The molecule has 0 spiro atoms. The van der Waals surface area contributed by atoms with Gasteiger partial charge in [0.2, 0.25) is 0 Å². The van der Waals surface area contributed by atoms with E-state index in [4.69, 9.17) is 5.26 Å². The summed E-state index contributed by atoms with van der Waals surface area (Å²) in [5, 5.41) is 9.82. The third-order valence-electron chi connectivity index (χ3n) is 5.01. The van der Waals surface area contributed by atoms with E-state index in [9.17, 15) is 8.78 Å². The molecular weight excluding hydrogens is 350 g/mol. The summed E-state index contributed by atoms with van der Waals surface area (Å²) in [6, 6.07) is 5.82. The van der Waals surface area contributed by atoms with E-state index in [-0.39, 0.29) is 17.3 Å². The SMILES string of the molecule is CCN(c1c(F)cc(C#N)cc1F)[C@@H]1CCN(c2ncnc3[nH]ccc23)C1. The lowest BCUT2D eigenvalue weighted by molar-refractivity contribution is 0.550. The Morgan fingerprint density at radius 1 is 1.33 bits per heavy atom. The zero-order chi connectivity index (χ0) is 19.0. The molecule has 8 heteroatoms. The number of fused-ring (bicyclic) bond motifs is 1. The summed E-state index contributed by atoms with van der Waals surface area (Å²) in [5.74, 6) is -0.593. The summed E-state index contributed by atoms with van der Waals surface area (Å²) in [6.07, 6.45) is 4.08. The Kier molecular flexibility index (Phi) is 4.36. The van der Waals surface area contributed by atoms with Crippen LogP contribution in [0.2, 0.25) is 0 Å². The van der Waals surface area contributed by atoms with Crippen LogP contribution in [0.3, 0.4) is 0 Å². The van der Waals surface area contributed by atoms with E-state index in [1.807, 2.05) is 19.2 Å². The number of hydrogen-bond acceptors (Lipinski definition) is 5. The van der Waals surface area contributed by atoms with Gasteiger partial charge in [0.1, 0.15) is 23.5 Å². The number of nitrogens with zero attached hydrogens (tertiary/aromatic N) is 5. The molecule has 0 saturated carbocycles. The van der Waals surface area contributed by atoms with Gasteiger partial charge in [0.25, 0.3) is 0 Å². The van der Waals surface area contributed by atoms with Gasteiger partial charge < -0.3 is 14.8 Å². The third-order valence-corrected chi connectivity index (χ3v) is 5.01. The number of H-pyrrole nitrogens is 1. The van der Waals surface area contributed by atoms with Crippen LogP contribution in [-0.2, 0) is 0 Å². The molecule has 1 N–H and O–H groups in total. The number of aromatic nitrogens is 3. The van der Waals surface area contributed by atoms with Crippen LogP contribution in [0.5, 0.6) is 0 Å². The first-order valence-electron chi connectivity index (χ1n) is 8.81. The molecule has 6 nitrogen and oxygen atoms in total. The van der Waals surface area contributed by atoms with Crippen molar-refractivity contribution < 1.29 is 8.78 Å². The van der Waals surface area contributed by atoms with E-state index in [1.54, 1.807) is 11.0 Å². The Labute approximate surface area is 155 Å². The van der Waals surface area contributed by atoms with Crippen molar-refractivity contribution in [2.75, 3.05) is 29.4 Å². The molecule has 0 bridgehead atoms. The van der Waals surface area contributed by atoms with Crippen LogP contribution in [0.1, 0.15) is 18.9 Å². The van der Waals surface area contributed by atoms with Gasteiger partial charge in [-0.15, -0.1) is 0 Å². The van der Waals surface area contributed by atoms with Gasteiger partial charge >= 0.3 is 0 Å². The highest BCUT2D eigenvalue weighted by molar-refractivity contribution is 5.87. The number of halogens is 2. The fourth-order valence-electron chi connectivity index (χ4n) is 3.80. The zero-order valence-corrected chi connectivity index (χ0v) is 14.8. The third kappa shape index (κ3) is 2.95. The number of nitrogens with one attached hydrogen (secondary N) is 1. The van der Waals surface area contributed by atoms with Gasteiger partial charge in [-0.05, 0) is 31.5 Å². The van der Waals surface area contributed by atoms with Crippen molar-refractivity contribution in [3.05, 3.63) is 47.9 Å². The van der Waals surface area contributed by atoms with Crippen molar-refractivity contribution in [3.63, 3.8) is 0 Å². The van der Waals surface area contributed by atoms with Gasteiger partial charge in [0.05, 0.1) is 17.0 Å². The Bertz CT molecular complexity index is 1000. The molecule has 1 aliphatic heterocycles. The van der Waals surface area contributed by atoms with Crippen molar-refractivity contribution in [1.29, 1.82) is 5.26 Å². The van der Waals surface area contributed by atoms with E-state index in [0.717, 1.165) is 41.9 Å². The summed E-state index contributed by atoms with van der Waals surface area (Å²) in [4.78, 5) is 15.5. The largest absolute Gasteiger partial charge is 0.362 e. The molecule has 3 heterocycles. The number of benzene rings is 1. The minimum atomic E-state index is -0.707. The predicted octanol–water partition coefficient (Wildman–Crippen LogP) is 3.21. The van der Waals surface area contributed by atoms with Gasteiger partial charge in [0, 0.05) is 31.9 Å². The fourth-order valence-corrected chi connectivity index (χ4v) is 3.80. The monoisotopic (exact) mass is 368 g/mol. The number of likely N-dealkylation sites (N-methyl/N-ethyl adjacent to an activating group) is 1. The molecule has 0 aliphatic carbocycles. The molecule has 1 fully saturated rings. The summed E-state index contributed by atoms with van der Waals surface area (Å²) in [5.41, 5.74) is 0.673. The van der Waals surface area contributed by atoms with Crippen LogP contribution in [-0.4, -0.2) is 40.6 Å². The van der Waals surface area contributed by atoms with Gasteiger partial charge in [-0.2, -0.15) is 5.26 Å². The van der Waals surface area contributed by atoms with Crippen LogP contribution in [0.25, 0.3) is 11.0 Å². The smallest absolute Gasteiger partial charge is 0.150 e. The van der Waals surface area contributed by atoms with Gasteiger partial charge in [-0.1, -0.05) is 0 Å². The molecule has 1 aromatic carbocycles. The number of rotatable bonds is 4. The topological polar surface area (TPSA) is 71.8 Å². The van der Waals surface area contributed by atoms with Crippen molar-refractivity contribution in [2.45, 2.75) is 19.4 Å². The van der Waals surface area contributed by atoms with Crippen molar-refractivity contribution in [2.24, 2.45) is 0 Å². The Balaban J connectivity index is 1.63. The van der Waals surface area contributed by atoms with Crippen molar-refractivity contribution in [1.82, 2.24) is 15.0 Å². The Morgan fingerprint density at radius 2 is 2.11 bits per heavy atom. The Hall–Kier alpha value is -3.21. The minimum Gasteiger partial charge on any atom is -0.362 e. The van der Waals surface area contributed by atoms with Gasteiger partial charge in [0.15, 0.2) is 11.6 Å². The van der Waals surface area contributed by atoms with E-state index >= 15 is 0 Å². The lowest BCUT2D eigenvalue weighted by Crippen LogP contribution is -2.39. The standard InChI is InChI=1S/C19H18F2N6/c1-2-27(17-15(20)7-12(9-22)8-16(17)21)13-4-6-26(10-13)19-14-3-5-23-18(14)24-11-25-19/h3,5,7-8,11,13H,2,4,6,10H2,1H3,(H,23,24,25)/t13-/m1/s1.